The molecule has 0 saturated heterocycles. The van der Waals surface area contributed by atoms with E-state index in [1.165, 1.54) is 40.6 Å². The van der Waals surface area contributed by atoms with Gasteiger partial charge in [-0.05, 0) is 37.8 Å². The molecule has 1 heterocycles. The number of nitrogens with two attached hydrogens (primary N) is 1. The monoisotopic (exact) mass is 214 g/mol. The third-order valence-corrected chi connectivity index (χ3v) is 4.00. The van der Waals surface area contributed by atoms with Crippen LogP contribution in [0.4, 0.5) is 0 Å². The number of fused-ring (bicyclic) bond motifs is 1. The molecule has 1 fully saturated rings. The summed E-state index contributed by atoms with van der Waals surface area (Å²) < 4.78 is 0. The van der Waals surface area contributed by atoms with E-state index in [0.717, 1.165) is 6.54 Å². The first-order valence-corrected chi connectivity index (χ1v) is 5.96. The lowest BCUT2D eigenvalue weighted by Crippen LogP contribution is -2.20. The van der Waals surface area contributed by atoms with Crippen molar-refractivity contribution >= 4 is 10.9 Å². The minimum absolute atomic E-state index is 0.274. The number of aromatic nitrogens is 1. The van der Waals surface area contributed by atoms with E-state index < -0.39 is 0 Å². The highest BCUT2D eigenvalue weighted by molar-refractivity contribution is 5.88. The molecule has 0 spiro atoms. The second kappa shape index (κ2) is 3.11. The van der Waals surface area contributed by atoms with Gasteiger partial charge in [-0.3, -0.25) is 0 Å². The molecule has 3 N–H and O–H groups in total. The van der Waals surface area contributed by atoms with Crippen LogP contribution in [0.25, 0.3) is 10.9 Å². The Bertz CT molecular complexity index is 547. The molecule has 0 radical (unpaired) electrons. The van der Waals surface area contributed by atoms with E-state index in [0.29, 0.717) is 0 Å². The molecular weight excluding hydrogens is 196 g/mol. The van der Waals surface area contributed by atoms with E-state index in [-0.39, 0.29) is 5.41 Å². The second-order valence-electron chi connectivity index (χ2n) is 5.11. The molecule has 1 aromatic carbocycles. The van der Waals surface area contributed by atoms with Crippen molar-refractivity contribution < 1.29 is 0 Å². The first-order chi connectivity index (χ1) is 7.68. The highest BCUT2D eigenvalue weighted by Gasteiger charge is 2.45. The van der Waals surface area contributed by atoms with Crippen molar-refractivity contribution in [3.05, 3.63) is 35.0 Å². The molecule has 1 aliphatic carbocycles. The molecule has 0 amide bonds. The Balaban J connectivity index is 2.32. The number of hydrogen-bond acceptors (Lipinski definition) is 1. The quantitative estimate of drug-likeness (QED) is 0.793. The number of nitrogens with one attached hydrogen (secondary N) is 1. The van der Waals surface area contributed by atoms with E-state index in [4.69, 9.17) is 5.73 Å². The Morgan fingerprint density at radius 1 is 1.31 bits per heavy atom. The van der Waals surface area contributed by atoms with Crippen LogP contribution in [0.2, 0.25) is 0 Å². The average Bonchev–Trinajstić information content (AvgIpc) is 2.97. The van der Waals surface area contributed by atoms with Crippen LogP contribution >= 0.6 is 0 Å². The van der Waals surface area contributed by atoms with Gasteiger partial charge in [0.1, 0.15) is 0 Å². The Morgan fingerprint density at radius 3 is 2.69 bits per heavy atom. The zero-order chi connectivity index (χ0) is 11.3. The van der Waals surface area contributed by atoms with Gasteiger partial charge in [-0.15, -0.1) is 0 Å². The Kier molecular flexibility index (Phi) is 1.93. The van der Waals surface area contributed by atoms with Gasteiger partial charge in [-0.25, -0.2) is 0 Å². The van der Waals surface area contributed by atoms with Crippen molar-refractivity contribution in [3.63, 3.8) is 0 Å². The van der Waals surface area contributed by atoms with E-state index in [1.54, 1.807) is 0 Å². The highest BCUT2D eigenvalue weighted by atomic mass is 14.8. The van der Waals surface area contributed by atoms with Gasteiger partial charge in [0.15, 0.2) is 0 Å². The summed E-state index contributed by atoms with van der Waals surface area (Å²) in [6.07, 6.45) is 2.48. The van der Waals surface area contributed by atoms with Gasteiger partial charge in [-0.2, -0.15) is 0 Å². The average molecular weight is 214 g/mol. The summed E-state index contributed by atoms with van der Waals surface area (Å²) in [6.45, 7) is 5.10. The number of aryl methyl sites for hydroxylation is 2. The summed E-state index contributed by atoms with van der Waals surface area (Å²) in [6, 6.07) is 6.52. The fraction of sp³-hybridized carbons (Fsp3) is 0.429. The fourth-order valence-electron chi connectivity index (χ4n) is 2.88. The smallest absolute Gasteiger partial charge is 0.0488 e. The van der Waals surface area contributed by atoms with Crippen LogP contribution in [-0.4, -0.2) is 11.5 Å². The fourth-order valence-corrected chi connectivity index (χ4v) is 2.88. The number of para-hydroxylation sites is 1. The zero-order valence-corrected chi connectivity index (χ0v) is 9.93. The maximum absolute atomic E-state index is 5.94. The highest BCUT2D eigenvalue weighted by Crippen LogP contribution is 2.51. The summed E-state index contributed by atoms with van der Waals surface area (Å²) in [5.41, 5.74) is 11.6. The minimum atomic E-state index is 0.274. The first kappa shape index (κ1) is 9.91. The van der Waals surface area contributed by atoms with Crippen LogP contribution in [0.3, 0.4) is 0 Å². The van der Waals surface area contributed by atoms with Crippen molar-refractivity contribution in [2.75, 3.05) is 6.54 Å². The van der Waals surface area contributed by atoms with E-state index in [9.17, 15) is 0 Å². The lowest BCUT2D eigenvalue weighted by atomic mass is 9.93. The maximum atomic E-state index is 5.94. The number of hydrogen-bond donors (Lipinski definition) is 2. The summed E-state index contributed by atoms with van der Waals surface area (Å²) in [7, 11) is 0. The normalized spacial score (nSPS) is 17.9. The molecule has 0 aliphatic heterocycles. The van der Waals surface area contributed by atoms with Crippen LogP contribution in [0.15, 0.2) is 18.2 Å². The van der Waals surface area contributed by atoms with Crippen molar-refractivity contribution in [1.82, 2.24) is 4.98 Å². The maximum Gasteiger partial charge on any atom is 0.0488 e. The minimum Gasteiger partial charge on any atom is -0.358 e. The van der Waals surface area contributed by atoms with Gasteiger partial charge in [0.05, 0.1) is 0 Å². The van der Waals surface area contributed by atoms with Crippen molar-refractivity contribution in [2.24, 2.45) is 5.73 Å². The van der Waals surface area contributed by atoms with Gasteiger partial charge < -0.3 is 10.7 Å². The molecule has 0 unspecified atom stereocenters. The van der Waals surface area contributed by atoms with E-state index in [2.05, 4.69) is 37.0 Å². The molecule has 84 valence electrons. The number of aromatic amines is 1. The first-order valence-electron chi connectivity index (χ1n) is 5.96. The molecule has 16 heavy (non-hydrogen) atoms. The van der Waals surface area contributed by atoms with Crippen LogP contribution in [-0.2, 0) is 5.41 Å². The van der Waals surface area contributed by atoms with Crippen molar-refractivity contribution in [2.45, 2.75) is 32.1 Å². The molecule has 1 aliphatic rings. The lowest BCUT2D eigenvalue weighted by Gasteiger charge is -2.13. The summed E-state index contributed by atoms with van der Waals surface area (Å²) >= 11 is 0. The largest absolute Gasteiger partial charge is 0.358 e. The zero-order valence-electron chi connectivity index (χ0n) is 9.93. The van der Waals surface area contributed by atoms with Gasteiger partial charge in [0, 0.05) is 28.6 Å². The predicted octanol–water partition coefficient (Wildman–Crippen LogP) is 2.78. The number of H-pyrrole nitrogens is 1. The summed E-state index contributed by atoms with van der Waals surface area (Å²) in [5, 5.41) is 1.38. The van der Waals surface area contributed by atoms with E-state index in [1.807, 2.05) is 0 Å². The standard InChI is InChI=1S/C14H18N2/c1-9-4-3-5-11-12(10(2)16-13(9)11)14(8-15)6-7-14/h3-5,16H,6-8,15H2,1-2H3. The molecule has 1 saturated carbocycles. The molecular formula is C14H18N2. The van der Waals surface area contributed by atoms with Crippen molar-refractivity contribution in [1.29, 1.82) is 0 Å². The molecule has 0 bridgehead atoms. The van der Waals surface area contributed by atoms with E-state index >= 15 is 0 Å². The summed E-state index contributed by atoms with van der Waals surface area (Å²) in [5.74, 6) is 0. The molecule has 2 aromatic rings. The van der Waals surface area contributed by atoms with Gasteiger partial charge in [0.2, 0.25) is 0 Å². The van der Waals surface area contributed by atoms with Crippen LogP contribution in [0.5, 0.6) is 0 Å². The Hall–Kier alpha value is -1.28. The van der Waals surface area contributed by atoms with Crippen molar-refractivity contribution in [3.8, 4) is 0 Å². The summed E-state index contributed by atoms with van der Waals surface area (Å²) in [4.78, 5) is 3.52. The third kappa shape index (κ3) is 1.17. The van der Waals surface area contributed by atoms with Crippen LogP contribution < -0.4 is 5.73 Å². The molecule has 2 heteroatoms. The van der Waals surface area contributed by atoms with Crippen LogP contribution in [0, 0.1) is 13.8 Å². The molecule has 0 atom stereocenters. The second-order valence-corrected chi connectivity index (χ2v) is 5.11. The van der Waals surface area contributed by atoms with Gasteiger partial charge in [-0.1, -0.05) is 18.2 Å². The molecule has 1 aromatic heterocycles. The predicted molar refractivity (Wildman–Crippen MR) is 67.7 cm³/mol. The van der Waals surface area contributed by atoms with Gasteiger partial charge >= 0.3 is 0 Å². The topological polar surface area (TPSA) is 41.8 Å². The SMILES string of the molecule is Cc1[nH]c2c(C)cccc2c1C1(CN)CC1. The van der Waals surface area contributed by atoms with Crippen LogP contribution in [0.1, 0.15) is 29.7 Å². The van der Waals surface area contributed by atoms with Gasteiger partial charge in [0.25, 0.3) is 0 Å². The molecule has 3 rings (SSSR count). The lowest BCUT2D eigenvalue weighted by molar-refractivity contribution is 0.705. The third-order valence-electron chi connectivity index (χ3n) is 4.00. The number of benzene rings is 1. The molecule has 2 nitrogen and oxygen atoms in total. The Labute approximate surface area is 95.8 Å². The Morgan fingerprint density at radius 2 is 2.06 bits per heavy atom. The number of rotatable bonds is 2.